The number of amides is 3. The third kappa shape index (κ3) is 2.12. The number of hydrogen-bond donors (Lipinski definition) is 2. The molecule has 3 rings (SSSR count). The average molecular weight is 294 g/mol. The Kier molecular flexibility index (Phi) is 2.90. The molecule has 1 aromatic carbocycles. The highest BCUT2D eigenvalue weighted by Gasteiger charge is 2.59. The number of carbonyl (C=O) groups excluding carboxylic acids is 3. The number of halogens is 1. The summed E-state index contributed by atoms with van der Waals surface area (Å²) in [6.45, 7) is -0.281. The van der Waals surface area contributed by atoms with Crippen LogP contribution in [0.15, 0.2) is 18.2 Å². The van der Waals surface area contributed by atoms with E-state index in [2.05, 4.69) is 5.32 Å². The predicted molar refractivity (Wildman–Crippen MR) is 72.8 cm³/mol. The maximum atomic E-state index is 11.9. The van der Waals surface area contributed by atoms with Crippen LogP contribution in [0.5, 0.6) is 0 Å². The standard InChI is InChI=1S/C13H12ClN3O3/c14-6-1-2-9(15)10(3-6)16-11(18)5-17-12(19)7-4-8(7)13(17)20/h1-3,7-8H,4-5,15H2,(H,16,18). The molecule has 0 radical (unpaired) electrons. The molecule has 1 aliphatic heterocycles. The number of nitrogen functional groups attached to an aromatic ring is 1. The number of nitrogens with zero attached hydrogens (tertiary/aromatic N) is 1. The largest absolute Gasteiger partial charge is 0.397 e. The number of fused-ring (bicyclic) bond motifs is 1. The van der Waals surface area contributed by atoms with Gasteiger partial charge in [0.1, 0.15) is 6.54 Å². The highest BCUT2D eigenvalue weighted by atomic mass is 35.5. The summed E-state index contributed by atoms with van der Waals surface area (Å²) in [5, 5.41) is 2.99. The molecule has 1 heterocycles. The first-order valence-electron chi connectivity index (χ1n) is 6.17. The van der Waals surface area contributed by atoms with Crippen LogP contribution in [0.3, 0.4) is 0 Å². The van der Waals surface area contributed by atoms with E-state index in [9.17, 15) is 14.4 Å². The molecule has 1 saturated heterocycles. The van der Waals surface area contributed by atoms with Gasteiger partial charge in [-0.25, -0.2) is 0 Å². The average Bonchev–Trinajstić information content (AvgIpc) is 3.14. The Morgan fingerprint density at radius 2 is 2.00 bits per heavy atom. The summed E-state index contributed by atoms with van der Waals surface area (Å²) in [6.07, 6.45) is 0.622. The van der Waals surface area contributed by atoms with Gasteiger partial charge in [-0.3, -0.25) is 19.3 Å². The van der Waals surface area contributed by atoms with Crippen molar-refractivity contribution in [1.82, 2.24) is 4.90 Å². The van der Waals surface area contributed by atoms with Crippen LogP contribution in [0.1, 0.15) is 6.42 Å². The molecule has 20 heavy (non-hydrogen) atoms. The van der Waals surface area contributed by atoms with Crippen molar-refractivity contribution in [3.63, 3.8) is 0 Å². The van der Waals surface area contributed by atoms with Crippen LogP contribution in [-0.2, 0) is 14.4 Å². The molecule has 104 valence electrons. The van der Waals surface area contributed by atoms with Gasteiger partial charge in [0.2, 0.25) is 17.7 Å². The second-order valence-corrected chi connectivity index (χ2v) is 5.43. The van der Waals surface area contributed by atoms with Gasteiger partial charge in [-0.05, 0) is 24.6 Å². The predicted octanol–water partition coefficient (Wildman–Crippen LogP) is 0.866. The van der Waals surface area contributed by atoms with E-state index in [1.165, 1.54) is 6.07 Å². The van der Waals surface area contributed by atoms with Gasteiger partial charge in [0, 0.05) is 5.02 Å². The van der Waals surface area contributed by atoms with Crippen molar-refractivity contribution >= 4 is 40.7 Å². The number of piperidine rings is 1. The SMILES string of the molecule is Nc1ccc(Cl)cc1NC(=O)CN1C(=O)C2CC2C1=O. The Hall–Kier alpha value is -2.08. The van der Waals surface area contributed by atoms with Crippen molar-refractivity contribution in [3.05, 3.63) is 23.2 Å². The lowest BCUT2D eigenvalue weighted by Gasteiger charge is -2.16. The molecule has 1 aliphatic carbocycles. The molecule has 3 amide bonds. The first-order valence-corrected chi connectivity index (χ1v) is 6.55. The summed E-state index contributed by atoms with van der Waals surface area (Å²) in [4.78, 5) is 36.4. The van der Waals surface area contributed by atoms with Crippen molar-refractivity contribution in [2.45, 2.75) is 6.42 Å². The van der Waals surface area contributed by atoms with Gasteiger partial charge in [0.25, 0.3) is 0 Å². The van der Waals surface area contributed by atoms with Crippen molar-refractivity contribution in [2.24, 2.45) is 11.8 Å². The molecule has 6 nitrogen and oxygen atoms in total. The first-order chi connectivity index (χ1) is 9.47. The number of rotatable bonds is 3. The van der Waals surface area contributed by atoms with E-state index in [0.717, 1.165) is 4.90 Å². The van der Waals surface area contributed by atoms with Gasteiger partial charge < -0.3 is 11.1 Å². The van der Waals surface area contributed by atoms with E-state index in [0.29, 0.717) is 22.8 Å². The molecular formula is C13H12ClN3O3. The number of anilines is 2. The van der Waals surface area contributed by atoms with Crippen LogP contribution >= 0.6 is 11.6 Å². The number of carbonyl (C=O) groups is 3. The first kappa shape index (κ1) is 12.9. The zero-order valence-corrected chi connectivity index (χ0v) is 11.2. The van der Waals surface area contributed by atoms with E-state index in [-0.39, 0.29) is 30.2 Å². The van der Waals surface area contributed by atoms with E-state index < -0.39 is 5.91 Å². The van der Waals surface area contributed by atoms with Gasteiger partial charge in [0.15, 0.2) is 0 Å². The Morgan fingerprint density at radius 1 is 1.35 bits per heavy atom. The topological polar surface area (TPSA) is 92.5 Å². The molecule has 0 aromatic heterocycles. The normalized spacial score (nSPS) is 23.8. The zero-order chi connectivity index (χ0) is 14.4. The lowest BCUT2D eigenvalue weighted by Crippen LogP contribution is -2.39. The second-order valence-electron chi connectivity index (χ2n) is 4.99. The van der Waals surface area contributed by atoms with E-state index in [1.54, 1.807) is 12.1 Å². The summed E-state index contributed by atoms with van der Waals surface area (Å²) in [7, 11) is 0. The number of hydrogen-bond acceptors (Lipinski definition) is 4. The molecule has 2 fully saturated rings. The van der Waals surface area contributed by atoms with Gasteiger partial charge >= 0.3 is 0 Å². The van der Waals surface area contributed by atoms with E-state index >= 15 is 0 Å². The number of imide groups is 1. The molecule has 3 N–H and O–H groups in total. The van der Waals surface area contributed by atoms with Crippen molar-refractivity contribution < 1.29 is 14.4 Å². The van der Waals surface area contributed by atoms with Crippen molar-refractivity contribution in [3.8, 4) is 0 Å². The van der Waals surface area contributed by atoms with Crippen LogP contribution in [0.2, 0.25) is 5.02 Å². The minimum Gasteiger partial charge on any atom is -0.397 e. The highest BCUT2D eigenvalue weighted by Crippen LogP contribution is 2.46. The molecule has 1 aromatic rings. The summed E-state index contributed by atoms with van der Waals surface area (Å²) < 4.78 is 0. The summed E-state index contributed by atoms with van der Waals surface area (Å²) in [5.74, 6) is -1.39. The quantitative estimate of drug-likeness (QED) is 0.639. The molecular weight excluding hydrogens is 282 g/mol. The molecule has 0 bridgehead atoms. The smallest absolute Gasteiger partial charge is 0.244 e. The number of likely N-dealkylation sites (tertiary alicyclic amines) is 1. The van der Waals surface area contributed by atoms with Gasteiger partial charge in [0.05, 0.1) is 23.2 Å². The van der Waals surface area contributed by atoms with Crippen LogP contribution in [0.25, 0.3) is 0 Å². The minimum absolute atomic E-state index is 0.202. The van der Waals surface area contributed by atoms with Crippen LogP contribution in [-0.4, -0.2) is 29.2 Å². The number of benzene rings is 1. The fourth-order valence-electron chi connectivity index (χ4n) is 2.38. The Balaban J connectivity index is 1.67. The molecule has 2 unspecified atom stereocenters. The lowest BCUT2D eigenvalue weighted by atomic mass is 10.2. The van der Waals surface area contributed by atoms with Crippen LogP contribution in [0, 0.1) is 11.8 Å². The summed E-state index contributed by atoms with van der Waals surface area (Å²) >= 11 is 5.82. The molecule has 7 heteroatoms. The second kappa shape index (κ2) is 4.49. The van der Waals surface area contributed by atoms with Crippen molar-refractivity contribution in [1.29, 1.82) is 0 Å². The Morgan fingerprint density at radius 3 is 2.65 bits per heavy atom. The third-order valence-corrected chi connectivity index (χ3v) is 3.78. The maximum absolute atomic E-state index is 11.9. The fraction of sp³-hybridized carbons (Fsp3) is 0.308. The summed E-state index contributed by atoms with van der Waals surface area (Å²) in [6, 6.07) is 4.69. The van der Waals surface area contributed by atoms with Crippen molar-refractivity contribution in [2.75, 3.05) is 17.6 Å². The molecule has 1 saturated carbocycles. The Labute approximate surface area is 119 Å². The third-order valence-electron chi connectivity index (χ3n) is 3.55. The van der Waals surface area contributed by atoms with E-state index in [4.69, 9.17) is 17.3 Å². The zero-order valence-electron chi connectivity index (χ0n) is 10.4. The number of nitrogens with one attached hydrogen (secondary N) is 1. The maximum Gasteiger partial charge on any atom is 0.244 e. The fourth-order valence-corrected chi connectivity index (χ4v) is 2.55. The monoisotopic (exact) mass is 293 g/mol. The van der Waals surface area contributed by atoms with Gasteiger partial charge in [-0.2, -0.15) is 0 Å². The minimum atomic E-state index is -0.470. The molecule has 2 atom stereocenters. The highest BCUT2D eigenvalue weighted by molar-refractivity contribution is 6.31. The van der Waals surface area contributed by atoms with Crippen LogP contribution in [0.4, 0.5) is 11.4 Å². The van der Waals surface area contributed by atoms with Gasteiger partial charge in [-0.1, -0.05) is 11.6 Å². The Bertz CT molecular complexity index is 611. The molecule has 0 spiro atoms. The number of nitrogens with two attached hydrogens (primary N) is 1. The van der Waals surface area contributed by atoms with Crippen LogP contribution < -0.4 is 11.1 Å². The summed E-state index contributed by atoms with van der Waals surface area (Å²) in [5.41, 5.74) is 6.44. The van der Waals surface area contributed by atoms with Gasteiger partial charge in [-0.15, -0.1) is 0 Å². The molecule has 2 aliphatic rings. The van der Waals surface area contributed by atoms with E-state index in [1.807, 2.05) is 0 Å². The lowest BCUT2D eigenvalue weighted by molar-refractivity contribution is -0.143.